The van der Waals surface area contributed by atoms with Crippen LogP contribution in [0.5, 0.6) is 5.75 Å². The molecule has 0 radical (unpaired) electrons. The number of likely N-dealkylation sites (tertiary alicyclic amines) is 1. The van der Waals surface area contributed by atoms with Crippen molar-refractivity contribution >= 4 is 23.4 Å². The third kappa shape index (κ3) is 7.04. The van der Waals surface area contributed by atoms with E-state index in [0.29, 0.717) is 23.5 Å². The first kappa shape index (κ1) is 29.6. The van der Waals surface area contributed by atoms with Gasteiger partial charge in [-0.1, -0.05) is 61.7 Å². The van der Waals surface area contributed by atoms with Crippen molar-refractivity contribution in [2.75, 3.05) is 6.61 Å². The van der Waals surface area contributed by atoms with Gasteiger partial charge in [0.25, 0.3) is 11.7 Å². The molecule has 0 aromatic heterocycles. The summed E-state index contributed by atoms with van der Waals surface area (Å²) in [4.78, 5) is 40.5. The Bertz CT molecular complexity index is 1420. The average molecular weight is 556 g/mol. The first-order chi connectivity index (χ1) is 19.7. The fourth-order valence-electron chi connectivity index (χ4n) is 4.86. The van der Waals surface area contributed by atoms with Crippen LogP contribution in [0.25, 0.3) is 5.76 Å². The van der Waals surface area contributed by atoms with Gasteiger partial charge in [-0.15, -0.1) is 0 Å². The normalized spacial score (nSPS) is 16.3. The van der Waals surface area contributed by atoms with Gasteiger partial charge in [0, 0.05) is 12.1 Å². The van der Waals surface area contributed by atoms with Gasteiger partial charge in [0.05, 0.1) is 29.9 Å². The molecule has 1 saturated heterocycles. The standard InChI is InChI=1S/C34H37NO6/c1-5-6-7-19-40-28-17-15-25(16-18-28)31(36)29-30(27-10-8-9-23(4)20-27)35(33(38)32(29)37)21-24-11-13-26(14-12-24)34(39)41-22(2)3/h8-18,20,22,30,36H,5-7,19,21H2,1-4H3/b31-29+. The number of benzene rings is 3. The van der Waals surface area contributed by atoms with Crippen LogP contribution >= 0.6 is 0 Å². The summed E-state index contributed by atoms with van der Waals surface area (Å²) in [6, 6.07) is 20.4. The molecule has 0 aliphatic carbocycles. The molecular formula is C34H37NO6. The number of rotatable bonds is 11. The van der Waals surface area contributed by atoms with Crippen molar-refractivity contribution < 1.29 is 29.0 Å². The summed E-state index contributed by atoms with van der Waals surface area (Å²) in [5.41, 5.74) is 3.28. The Hall–Kier alpha value is -4.39. The number of esters is 1. The van der Waals surface area contributed by atoms with E-state index in [9.17, 15) is 19.5 Å². The minimum absolute atomic E-state index is 0.0364. The number of amides is 1. The van der Waals surface area contributed by atoms with E-state index in [0.717, 1.165) is 36.0 Å². The zero-order chi connectivity index (χ0) is 29.5. The molecule has 214 valence electrons. The number of Topliss-reactive ketones (excluding diaryl/α,β-unsaturated/α-hetero) is 1. The van der Waals surface area contributed by atoms with Crippen LogP contribution in [-0.2, 0) is 20.9 Å². The van der Waals surface area contributed by atoms with Gasteiger partial charge in [-0.2, -0.15) is 0 Å². The second-order valence-electron chi connectivity index (χ2n) is 10.6. The number of hydrogen-bond acceptors (Lipinski definition) is 6. The van der Waals surface area contributed by atoms with Gasteiger partial charge < -0.3 is 19.5 Å². The highest BCUT2D eigenvalue weighted by Gasteiger charge is 2.46. The Morgan fingerprint density at radius 1 is 0.951 bits per heavy atom. The van der Waals surface area contributed by atoms with E-state index in [1.54, 1.807) is 62.4 Å². The second kappa shape index (κ2) is 13.3. The van der Waals surface area contributed by atoms with Crippen molar-refractivity contribution in [3.8, 4) is 5.75 Å². The number of ketones is 1. The number of nitrogens with zero attached hydrogens (tertiary/aromatic N) is 1. The van der Waals surface area contributed by atoms with E-state index in [-0.39, 0.29) is 24.0 Å². The highest BCUT2D eigenvalue weighted by atomic mass is 16.5. The molecule has 0 saturated carbocycles. The summed E-state index contributed by atoms with van der Waals surface area (Å²) in [7, 11) is 0. The molecule has 7 nitrogen and oxygen atoms in total. The van der Waals surface area contributed by atoms with E-state index in [4.69, 9.17) is 9.47 Å². The number of ether oxygens (including phenoxy) is 2. The van der Waals surface area contributed by atoms with E-state index < -0.39 is 23.7 Å². The quantitative estimate of drug-likeness (QED) is 0.0925. The second-order valence-corrected chi connectivity index (χ2v) is 10.6. The molecule has 1 amide bonds. The van der Waals surface area contributed by atoms with Crippen molar-refractivity contribution in [2.45, 2.75) is 65.6 Å². The van der Waals surface area contributed by atoms with Crippen molar-refractivity contribution in [1.29, 1.82) is 0 Å². The fraction of sp³-hybridized carbons (Fsp3) is 0.324. The Labute approximate surface area is 241 Å². The van der Waals surface area contributed by atoms with E-state index in [2.05, 4.69) is 6.92 Å². The molecule has 4 rings (SSSR count). The van der Waals surface area contributed by atoms with Crippen LogP contribution in [0.15, 0.2) is 78.4 Å². The van der Waals surface area contributed by atoms with Gasteiger partial charge in [0.2, 0.25) is 0 Å². The van der Waals surface area contributed by atoms with Crippen LogP contribution in [0.1, 0.15) is 78.7 Å². The minimum Gasteiger partial charge on any atom is -0.507 e. The highest BCUT2D eigenvalue weighted by molar-refractivity contribution is 6.46. The minimum atomic E-state index is -0.787. The monoisotopic (exact) mass is 555 g/mol. The predicted molar refractivity (Wildman–Crippen MR) is 157 cm³/mol. The summed E-state index contributed by atoms with van der Waals surface area (Å²) in [5.74, 6) is -1.43. The molecule has 1 unspecified atom stereocenters. The molecule has 1 aliphatic heterocycles. The lowest BCUT2D eigenvalue weighted by molar-refractivity contribution is -0.140. The Balaban J connectivity index is 1.66. The number of aliphatic hydroxyl groups excluding tert-OH is 1. The lowest BCUT2D eigenvalue weighted by Gasteiger charge is -2.26. The molecule has 0 spiro atoms. The maximum absolute atomic E-state index is 13.4. The van der Waals surface area contributed by atoms with Crippen molar-refractivity contribution in [3.05, 3.63) is 106 Å². The van der Waals surface area contributed by atoms with Crippen molar-refractivity contribution in [3.63, 3.8) is 0 Å². The fourth-order valence-corrected chi connectivity index (χ4v) is 4.86. The molecule has 1 heterocycles. The summed E-state index contributed by atoms with van der Waals surface area (Å²) in [6.07, 6.45) is 2.92. The molecular weight excluding hydrogens is 518 g/mol. The van der Waals surface area contributed by atoms with Gasteiger partial charge in [0.15, 0.2) is 0 Å². The maximum Gasteiger partial charge on any atom is 0.338 e. The van der Waals surface area contributed by atoms with Gasteiger partial charge in [-0.05, 0) is 74.7 Å². The number of hydrogen-bond donors (Lipinski definition) is 1. The lowest BCUT2D eigenvalue weighted by atomic mass is 9.94. The smallest absolute Gasteiger partial charge is 0.338 e. The van der Waals surface area contributed by atoms with Crippen LogP contribution in [0.3, 0.4) is 0 Å². The van der Waals surface area contributed by atoms with Gasteiger partial charge in [-0.25, -0.2) is 4.79 Å². The van der Waals surface area contributed by atoms with Crippen molar-refractivity contribution in [2.24, 2.45) is 0 Å². The molecule has 1 aliphatic rings. The topological polar surface area (TPSA) is 93.1 Å². The van der Waals surface area contributed by atoms with E-state index in [1.807, 2.05) is 31.2 Å². The van der Waals surface area contributed by atoms with Crippen LogP contribution in [-0.4, -0.2) is 40.4 Å². The van der Waals surface area contributed by atoms with Crippen LogP contribution in [0, 0.1) is 6.92 Å². The van der Waals surface area contributed by atoms with Gasteiger partial charge in [-0.3, -0.25) is 9.59 Å². The van der Waals surface area contributed by atoms with Crippen LogP contribution in [0.4, 0.5) is 0 Å². The van der Waals surface area contributed by atoms with Crippen LogP contribution < -0.4 is 4.74 Å². The predicted octanol–water partition coefficient (Wildman–Crippen LogP) is 6.75. The maximum atomic E-state index is 13.4. The molecule has 3 aromatic carbocycles. The zero-order valence-electron chi connectivity index (χ0n) is 24.1. The lowest BCUT2D eigenvalue weighted by Crippen LogP contribution is -2.29. The summed E-state index contributed by atoms with van der Waals surface area (Å²) >= 11 is 0. The highest BCUT2D eigenvalue weighted by Crippen LogP contribution is 2.40. The number of carbonyl (C=O) groups is 3. The molecule has 41 heavy (non-hydrogen) atoms. The molecule has 0 bridgehead atoms. The molecule has 1 atom stereocenters. The number of aryl methyl sites for hydroxylation is 1. The zero-order valence-corrected chi connectivity index (χ0v) is 24.1. The third-order valence-corrected chi connectivity index (χ3v) is 6.93. The SMILES string of the molecule is CCCCCOc1ccc(/C(O)=C2\C(=O)C(=O)N(Cc3ccc(C(=O)OC(C)C)cc3)C2c2cccc(C)c2)cc1. The van der Waals surface area contributed by atoms with Crippen LogP contribution in [0.2, 0.25) is 0 Å². The first-order valence-electron chi connectivity index (χ1n) is 14.1. The van der Waals surface area contributed by atoms with Crippen molar-refractivity contribution in [1.82, 2.24) is 4.90 Å². The number of carbonyl (C=O) groups excluding carboxylic acids is 3. The Morgan fingerprint density at radius 3 is 2.27 bits per heavy atom. The Morgan fingerprint density at radius 2 is 1.63 bits per heavy atom. The molecule has 1 fully saturated rings. The number of unbranched alkanes of at least 4 members (excludes halogenated alkanes) is 2. The summed E-state index contributed by atoms with van der Waals surface area (Å²) in [5, 5.41) is 11.4. The molecule has 1 N–H and O–H groups in total. The van der Waals surface area contributed by atoms with E-state index >= 15 is 0 Å². The largest absolute Gasteiger partial charge is 0.507 e. The number of aliphatic hydroxyl groups is 1. The summed E-state index contributed by atoms with van der Waals surface area (Å²) < 4.78 is 11.0. The van der Waals surface area contributed by atoms with E-state index in [1.165, 1.54) is 4.90 Å². The average Bonchev–Trinajstić information content (AvgIpc) is 3.20. The summed E-state index contributed by atoms with van der Waals surface area (Å²) in [6.45, 7) is 8.36. The van der Waals surface area contributed by atoms with Gasteiger partial charge >= 0.3 is 5.97 Å². The first-order valence-corrected chi connectivity index (χ1v) is 14.1. The van der Waals surface area contributed by atoms with Gasteiger partial charge in [0.1, 0.15) is 11.5 Å². The molecule has 3 aromatic rings. The Kier molecular flexibility index (Phi) is 9.61. The third-order valence-electron chi connectivity index (χ3n) is 6.93. The molecule has 7 heteroatoms.